The zero-order chi connectivity index (χ0) is 17.1. The van der Waals surface area contributed by atoms with Gasteiger partial charge in [-0.15, -0.1) is 0 Å². The highest BCUT2D eigenvalue weighted by Crippen LogP contribution is 2.38. The van der Waals surface area contributed by atoms with Crippen LogP contribution < -0.4 is 0 Å². The maximum Gasteiger partial charge on any atom is 0.357 e. The maximum atomic E-state index is 13.2. The van der Waals surface area contributed by atoms with E-state index in [-0.39, 0.29) is 5.82 Å². The van der Waals surface area contributed by atoms with Crippen molar-refractivity contribution in [3.8, 4) is 11.3 Å². The Hall–Kier alpha value is -2.60. The molecule has 1 aromatic heterocycles. The van der Waals surface area contributed by atoms with E-state index in [0.717, 1.165) is 10.5 Å². The van der Waals surface area contributed by atoms with E-state index >= 15 is 0 Å². The Morgan fingerprint density at radius 1 is 1.12 bits per heavy atom. The van der Waals surface area contributed by atoms with Crippen molar-refractivity contribution in [1.29, 1.82) is 0 Å². The highest BCUT2D eigenvalue weighted by Gasteiger charge is 2.24. The van der Waals surface area contributed by atoms with E-state index in [1.807, 2.05) is 30.3 Å². The first kappa shape index (κ1) is 16.3. The third-order valence-electron chi connectivity index (χ3n) is 3.46. The van der Waals surface area contributed by atoms with E-state index in [0.29, 0.717) is 16.3 Å². The van der Waals surface area contributed by atoms with Gasteiger partial charge in [-0.05, 0) is 36.4 Å². The van der Waals surface area contributed by atoms with Gasteiger partial charge in [0.2, 0.25) is 0 Å². The van der Waals surface area contributed by atoms with Crippen LogP contribution in [0.3, 0.4) is 0 Å². The summed E-state index contributed by atoms with van der Waals surface area (Å²) in [5.74, 6) is -0.781. The summed E-state index contributed by atoms with van der Waals surface area (Å²) in [5, 5.41) is 4.45. The van der Waals surface area contributed by atoms with Gasteiger partial charge in [-0.3, -0.25) is 4.68 Å². The number of hydrogen-bond acceptors (Lipinski definition) is 4. The van der Waals surface area contributed by atoms with Gasteiger partial charge in [0.15, 0.2) is 5.69 Å². The molecule has 1 heterocycles. The Kier molecular flexibility index (Phi) is 4.66. The molecule has 0 unspecified atom stereocenters. The average Bonchev–Trinajstić information content (AvgIpc) is 2.92. The third kappa shape index (κ3) is 3.19. The predicted molar refractivity (Wildman–Crippen MR) is 90.5 cm³/mol. The fraction of sp³-hybridized carbons (Fsp3) is 0.111. The van der Waals surface area contributed by atoms with Crippen LogP contribution in [0.4, 0.5) is 4.39 Å². The summed E-state index contributed by atoms with van der Waals surface area (Å²) < 4.78 is 19.6. The van der Waals surface area contributed by atoms with Gasteiger partial charge in [-0.1, -0.05) is 30.0 Å². The molecule has 4 nitrogen and oxygen atoms in total. The van der Waals surface area contributed by atoms with Gasteiger partial charge < -0.3 is 4.74 Å². The fourth-order valence-corrected chi connectivity index (χ4v) is 3.42. The fourth-order valence-electron chi connectivity index (χ4n) is 2.33. The maximum absolute atomic E-state index is 13.2. The van der Waals surface area contributed by atoms with Crippen molar-refractivity contribution in [3.05, 3.63) is 66.1 Å². The molecule has 6 heteroatoms. The Balaban J connectivity index is 2.14. The lowest BCUT2D eigenvalue weighted by molar-refractivity contribution is 0.0584. The van der Waals surface area contributed by atoms with Gasteiger partial charge in [0.25, 0.3) is 0 Å². The lowest BCUT2D eigenvalue weighted by atomic mass is 10.1. The molecule has 0 saturated heterocycles. The molecule has 0 radical (unpaired) electrons. The van der Waals surface area contributed by atoms with Crippen LogP contribution in [0.15, 0.2) is 64.4 Å². The summed E-state index contributed by atoms with van der Waals surface area (Å²) in [7, 11) is 3.03. The van der Waals surface area contributed by atoms with Crippen LogP contribution in [0.1, 0.15) is 10.5 Å². The molecule has 0 amide bonds. The number of nitrogens with zero attached hydrogens (tertiary/aromatic N) is 2. The molecular formula is C18H15FN2O2S. The smallest absolute Gasteiger partial charge is 0.357 e. The van der Waals surface area contributed by atoms with Crippen molar-refractivity contribution in [3.63, 3.8) is 0 Å². The van der Waals surface area contributed by atoms with Crippen LogP contribution in [-0.4, -0.2) is 22.9 Å². The van der Waals surface area contributed by atoms with E-state index in [2.05, 4.69) is 5.10 Å². The highest BCUT2D eigenvalue weighted by atomic mass is 32.2. The molecule has 3 rings (SSSR count). The number of ether oxygens (including phenoxy) is 1. The predicted octanol–water partition coefficient (Wildman–Crippen LogP) is 4.16. The molecule has 3 aromatic rings. The van der Waals surface area contributed by atoms with Crippen LogP contribution in [0.2, 0.25) is 0 Å². The second-order valence-electron chi connectivity index (χ2n) is 5.06. The molecule has 0 bridgehead atoms. The molecule has 0 saturated carbocycles. The van der Waals surface area contributed by atoms with Crippen molar-refractivity contribution in [2.24, 2.45) is 7.05 Å². The molecule has 0 aliphatic carbocycles. The monoisotopic (exact) mass is 342 g/mol. The Bertz CT molecular complexity index is 861. The summed E-state index contributed by atoms with van der Waals surface area (Å²) in [6.07, 6.45) is 0. The molecule has 24 heavy (non-hydrogen) atoms. The SMILES string of the molecule is COC(=O)c1c(Sc2ccccc2)c(-c2ccc(F)cc2)nn1C. The van der Waals surface area contributed by atoms with E-state index in [1.165, 1.54) is 35.7 Å². The van der Waals surface area contributed by atoms with Crippen LogP contribution >= 0.6 is 11.8 Å². The molecule has 0 atom stereocenters. The van der Waals surface area contributed by atoms with Gasteiger partial charge in [0.05, 0.1) is 12.0 Å². The molecule has 2 aromatic carbocycles. The lowest BCUT2D eigenvalue weighted by Crippen LogP contribution is -2.09. The van der Waals surface area contributed by atoms with Crippen molar-refractivity contribution >= 4 is 17.7 Å². The summed E-state index contributed by atoms with van der Waals surface area (Å²) >= 11 is 1.43. The molecule has 0 N–H and O–H groups in total. The summed E-state index contributed by atoms with van der Waals surface area (Å²) in [6.45, 7) is 0. The number of esters is 1. The first-order chi connectivity index (χ1) is 11.6. The largest absolute Gasteiger partial charge is 0.464 e. The number of rotatable bonds is 4. The van der Waals surface area contributed by atoms with E-state index in [4.69, 9.17) is 4.74 Å². The minimum Gasteiger partial charge on any atom is -0.464 e. The zero-order valence-electron chi connectivity index (χ0n) is 13.2. The number of halogens is 1. The number of aryl methyl sites for hydroxylation is 1. The molecule has 0 aliphatic heterocycles. The summed E-state index contributed by atoms with van der Waals surface area (Å²) in [6, 6.07) is 15.7. The van der Waals surface area contributed by atoms with E-state index in [9.17, 15) is 9.18 Å². The van der Waals surface area contributed by atoms with Crippen molar-refractivity contribution in [2.75, 3.05) is 7.11 Å². The van der Waals surface area contributed by atoms with Gasteiger partial charge in [0, 0.05) is 17.5 Å². The minimum absolute atomic E-state index is 0.319. The average molecular weight is 342 g/mol. The molecule has 122 valence electrons. The van der Waals surface area contributed by atoms with Gasteiger partial charge in [-0.25, -0.2) is 9.18 Å². The van der Waals surface area contributed by atoms with E-state index < -0.39 is 5.97 Å². The van der Waals surface area contributed by atoms with Crippen LogP contribution in [0.5, 0.6) is 0 Å². The van der Waals surface area contributed by atoms with Crippen LogP contribution in [0.25, 0.3) is 11.3 Å². The van der Waals surface area contributed by atoms with Crippen LogP contribution in [-0.2, 0) is 11.8 Å². The topological polar surface area (TPSA) is 44.1 Å². The minimum atomic E-state index is -0.461. The normalized spacial score (nSPS) is 10.6. The van der Waals surface area contributed by atoms with Gasteiger partial charge >= 0.3 is 5.97 Å². The first-order valence-corrected chi connectivity index (χ1v) is 8.06. The molecule has 0 aliphatic rings. The Morgan fingerprint density at radius 2 is 1.79 bits per heavy atom. The van der Waals surface area contributed by atoms with Gasteiger partial charge in [-0.2, -0.15) is 5.10 Å². The third-order valence-corrected chi connectivity index (χ3v) is 4.56. The second kappa shape index (κ2) is 6.88. The highest BCUT2D eigenvalue weighted by molar-refractivity contribution is 7.99. The summed E-state index contributed by atoms with van der Waals surface area (Å²) in [5.41, 5.74) is 1.72. The molecule has 0 spiro atoms. The van der Waals surface area contributed by atoms with E-state index in [1.54, 1.807) is 19.2 Å². The van der Waals surface area contributed by atoms with Gasteiger partial charge in [0.1, 0.15) is 11.5 Å². The zero-order valence-corrected chi connectivity index (χ0v) is 14.0. The summed E-state index contributed by atoms with van der Waals surface area (Å²) in [4.78, 5) is 13.8. The van der Waals surface area contributed by atoms with Crippen molar-refractivity contribution in [2.45, 2.75) is 9.79 Å². The Morgan fingerprint density at radius 3 is 2.42 bits per heavy atom. The number of carbonyl (C=O) groups is 1. The quantitative estimate of drug-likeness (QED) is 0.668. The number of methoxy groups -OCH3 is 1. The number of carbonyl (C=O) groups excluding carboxylic acids is 1. The lowest BCUT2D eigenvalue weighted by Gasteiger charge is -2.06. The number of benzene rings is 2. The Labute approximate surface area is 143 Å². The van der Waals surface area contributed by atoms with Crippen LogP contribution in [0, 0.1) is 5.82 Å². The number of hydrogen-bond donors (Lipinski definition) is 0. The molecule has 0 fully saturated rings. The standard InChI is InChI=1S/C18H15FN2O2S/c1-21-16(18(22)23-2)17(24-14-6-4-3-5-7-14)15(20-21)12-8-10-13(19)11-9-12/h3-11H,1-2H3. The second-order valence-corrected chi connectivity index (χ2v) is 6.15. The first-order valence-electron chi connectivity index (χ1n) is 7.24. The number of aromatic nitrogens is 2. The van der Waals surface area contributed by atoms with Crippen molar-refractivity contribution in [1.82, 2.24) is 9.78 Å². The van der Waals surface area contributed by atoms with Crippen molar-refractivity contribution < 1.29 is 13.9 Å². The molecular weight excluding hydrogens is 327 g/mol.